The largest absolute Gasteiger partial charge is 0.417 e. The molecule has 0 aromatic carbocycles. The lowest BCUT2D eigenvalue weighted by atomic mass is 9.95. The SMILES string of the molecule is CN(C)C(=O)C1CCN(c2ncc(C(F)(F)F)cc2Cl)CC1. The van der Waals surface area contributed by atoms with Crippen LogP contribution in [0.2, 0.25) is 5.02 Å². The highest BCUT2D eigenvalue weighted by molar-refractivity contribution is 6.33. The number of hydrogen-bond donors (Lipinski definition) is 0. The molecule has 0 bridgehead atoms. The predicted molar refractivity (Wildman–Crippen MR) is 77.9 cm³/mol. The van der Waals surface area contributed by atoms with Crippen LogP contribution >= 0.6 is 11.6 Å². The summed E-state index contributed by atoms with van der Waals surface area (Å²) in [6, 6.07) is 0.890. The first-order valence-electron chi connectivity index (χ1n) is 6.89. The molecule has 0 saturated carbocycles. The Morgan fingerprint density at radius 1 is 1.36 bits per heavy atom. The maximum Gasteiger partial charge on any atom is 0.417 e. The zero-order valence-electron chi connectivity index (χ0n) is 12.3. The number of hydrogen-bond acceptors (Lipinski definition) is 3. The molecule has 0 spiro atoms. The molecule has 1 aromatic heterocycles. The van der Waals surface area contributed by atoms with E-state index in [9.17, 15) is 18.0 Å². The van der Waals surface area contributed by atoms with Gasteiger partial charge in [0.1, 0.15) is 5.82 Å². The molecule has 0 aliphatic carbocycles. The van der Waals surface area contributed by atoms with Gasteiger partial charge in [-0.2, -0.15) is 13.2 Å². The van der Waals surface area contributed by atoms with Crippen LogP contribution in [0.25, 0.3) is 0 Å². The Kier molecular flexibility index (Phi) is 4.84. The maximum atomic E-state index is 12.6. The van der Waals surface area contributed by atoms with E-state index in [0.29, 0.717) is 31.7 Å². The van der Waals surface area contributed by atoms with Crippen LogP contribution in [0, 0.1) is 5.92 Å². The van der Waals surface area contributed by atoms with E-state index in [4.69, 9.17) is 11.6 Å². The fourth-order valence-electron chi connectivity index (χ4n) is 2.52. The summed E-state index contributed by atoms with van der Waals surface area (Å²) in [6.07, 6.45) is -2.40. The van der Waals surface area contributed by atoms with Crippen LogP contribution in [0.4, 0.5) is 19.0 Å². The summed E-state index contributed by atoms with van der Waals surface area (Å²) in [5.41, 5.74) is -0.862. The summed E-state index contributed by atoms with van der Waals surface area (Å²) in [7, 11) is 3.42. The summed E-state index contributed by atoms with van der Waals surface area (Å²) in [5.74, 6) is 0.357. The standard InChI is InChI=1S/C14H17ClF3N3O/c1-20(2)13(22)9-3-5-21(6-4-9)12-11(15)7-10(8-19-12)14(16,17)18/h7-9H,3-6H2,1-2H3. The first-order valence-corrected chi connectivity index (χ1v) is 7.27. The average Bonchev–Trinajstić information content (AvgIpc) is 2.45. The van der Waals surface area contributed by atoms with Gasteiger partial charge >= 0.3 is 6.18 Å². The zero-order chi connectivity index (χ0) is 16.5. The van der Waals surface area contributed by atoms with Crippen molar-refractivity contribution >= 4 is 23.3 Å². The van der Waals surface area contributed by atoms with Crippen molar-refractivity contribution in [1.29, 1.82) is 0 Å². The number of halogens is 4. The van der Waals surface area contributed by atoms with Gasteiger partial charge < -0.3 is 9.80 Å². The quantitative estimate of drug-likeness (QED) is 0.833. The molecule has 1 fully saturated rings. The Labute approximate surface area is 131 Å². The van der Waals surface area contributed by atoms with Crippen molar-refractivity contribution in [2.24, 2.45) is 5.92 Å². The Bertz CT molecular complexity index is 555. The highest BCUT2D eigenvalue weighted by Gasteiger charge is 2.33. The minimum Gasteiger partial charge on any atom is -0.355 e. The molecule has 1 aliphatic rings. The molecule has 4 nitrogen and oxygen atoms in total. The summed E-state index contributed by atoms with van der Waals surface area (Å²) >= 11 is 5.94. The zero-order valence-corrected chi connectivity index (χ0v) is 13.1. The van der Waals surface area contributed by atoms with Gasteiger partial charge in [-0.1, -0.05) is 11.6 Å². The lowest BCUT2D eigenvalue weighted by Gasteiger charge is -2.33. The van der Waals surface area contributed by atoms with E-state index in [0.717, 1.165) is 12.3 Å². The van der Waals surface area contributed by atoms with Crippen molar-refractivity contribution in [3.8, 4) is 0 Å². The molecule has 1 aliphatic heterocycles. The third-order valence-corrected chi connectivity index (χ3v) is 4.01. The number of amides is 1. The van der Waals surface area contributed by atoms with Crippen LogP contribution in [0.1, 0.15) is 18.4 Å². The van der Waals surface area contributed by atoms with Crippen LogP contribution in [0.15, 0.2) is 12.3 Å². The number of carbonyl (C=O) groups excluding carboxylic acids is 1. The van der Waals surface area contributed by atoms with Gasteiger partial charge in [-0.25, -0.2) is 4.98 Å². The molecule has 22 heavy (non-hydrogen) atoms. The van der Waals surface area contributed by atoms with Crippen molar-refractivity contribution in [1.82, 2.24) is 9.88 Å². The number of aromatic nitrogens is 1. The van der Waals surface area contributed by atoms with E-state index in [1.54, 1.807) is 19.0 Å². The third-order valence-electron chi connectivity index (χ3n) is 3.73. The third kappa shape index (κ3) is 3.63. The van der Waals surface area contributed by atoms with Crippen LogP contribution in [-0.2, 0) is 11.0 Å². The average molecular weight is 336 g/mol. The second-order valence-electron chi connectivity index (χ2n) is 5.52. The number of pyridine rings is 1. The van der Waals surface area contributed by atoms with Gasteiger partial charge in [0, 0.05) is 39.3 Å². The van der Waals surface area contributed by atoms with Gasteiger partial charge in [0.25, 0.3) is 0 Å². The van der Waals surface area contributed by atoms with Crippen LogP contribution in [-0.4, -0.2) is 43.0 Å². The molecule has 0 radical (unpaired) electrons. The van der Waals surface area contributed by atoms with Crippen molar-refractivity contribution in [2.45, 2.75) is 19.0 Å². The molecule has 0 N–H and O–H groups in total. The van der Waals surface area contributed by atoms with Crippen LogP contribution in [0.3, 0.4) is 0 Å². The number of nitrogens with zero attached hydrogens (tertiary/aromatic N) is 3. The Morgan fingerprint density at radius 3 is 2.41 bits per heavy atom. The van der Waals surface area contributed by atoms with Gasteiger partial charge in [-0.3, -0.25) is 4.79 Å². The number of anilines is 1. The topological polar surface area (TPSA) is 36.4 Å². The van der Waals surface area contributed by atoms with E-state index < -0.39 is 11.7 Å². The number of piperidine rings is 1. The Morgan fingerprint density at radius 2 is 1.95 bits per heavy atom. The lowest BCUT2D eigenvalue weighted by molar-refractivity contribution is -0.138. The number of alkyl halides is 3. The highest BCUT2D eigenvalue weighted by Crippen LogP contribution is 2.34. The second-order valence-corrected chi connectivity index (χ2v) is 5.93. The van der Waals surface area contributed by atoms with E-state index in [1.807, 2.05) is 4.90 Å². The maximum absolute atomic E-state index is 12.6. The van der Waals surface area contributed by atoms with Gasteiger partial charge in [0.05, 0.1) is 10.6 Å². The van der Waals surface area contributed by atoms with E-state index in [2.05, 4.69) is 4.98 Å². The summed E-state index contributed by atoms with van der Waals surface area (Å²) in [5, 5.41) is -0.0211. The fourth-order valence-corrected chi connectivity index (χ4v) is 2.81. The first kappa shape index (κ1) is 16.9. The van der Waals surface area contributed by atoms with Crippen molar-refractivity contribution in [3.63, 3.8) is 0 Å². The molecule has 0 atom stereocenters. The van der Waals surface area contributed by atoms with Gasteiger partial charge in [0.2, 0.25) is 5.91 Å². The Hall–Kier alpha value is -1.50. The monoisotopic (exact) mass is 335 g/mol. The molecule has 0 unspecified atom stereocenters. The van der Waals surface area contributed by atoms with Crippen molar-refractivity contribution in [2.75, 3.05) is 32.1 Å². The summed E-state index contributed by atoms with van der Waals surface area (Å²) < 4.78 is 37.8. The number of carbonyl (C=O) groups is 1. The molecule has 2 heterocycles. The normalized spacial score (nSPS) is 16.7. The van der Waals surface area contributed by atoms with Crippen molar-refractivity contribution in [3.05, 3.63) is 22.8 Å². The molecule has 1 aromatic rings. The van der Waals surface area contributed by atoms with Gasteiger partial charge in [-0.15, -0.1) is 0 Å². The van der Waals surface area contributed by atoms with Crippen molar-refractivity contribution < 1.29 is 18.0 Å². The first-order chi connectivity index (χ1) is 10.2. The van der Waals surface area contributed by atoms with Crippen LogP contribution in [0.5, 0.6) is 0 Å². The summed E-state index contributed by atoms with van der Waals surface area (Å²) in [4.78, 5) is 19.1. The molecule has 1 saturated heterocycles. The number of rotatable bonds is 2. The minimum absolute atomic E-state index is 0.0211. The molecule has 122 valence electrons. The molecule has 2 rings (SSSR count). The smallest absolute Gasteiger partial charge is 0.355 e. The summed E-state index contributed by atoms with van der Waals surface area (Å²) in [6.45, 7) is 1.09. The van der Waals surface area contributed by atoms with Gasteiger partial charge in [-0.05, 0) is 18.9 Å². The molecular weight excluding hydrogens is 319 g/mol. The Balaban J connectivity index is 2.07. The minimum atomic E-state index is -4.46. The lowest BCUT2D eigenvalue weighted by Crippen LogP contribution is -2.40. The van der Waals surface area contributed by atoms with Gasteiger partial charge in [0.15, 0.2) is 0 Å². The fraction of sp³-hybridized carbons (Fsp3) is 0.571. The van der Waals surface area contributed by atoms with E-state index in [1.165, 1.54) is 0 Å². The predicted octanol–water partition coefficient (Wildman–Crippen LogP) is 3.06. The molecule has 8 heteroatoms. The molecular formula is C14H17ClF3N3O. The van der Waals surface area contributed by atoms with Crippen LogP contribution < -0.4 is 4.90 Å². The van der Waals surface area contributed by atoms with E-state index >= 15 is 0 Å². The van der Waals surface area contributed by atoms with E-state index in [-0.39, 0.29) is 16.8 Å². The highest BCUT2D eigenvalue weighted by atomic mass is 35.5. The molecule has 1 amide bonds. The second kappa shape index (κ2) is 6.32.